The molecule has 150 valence electrons. The van der Waals surface area contributed by atoms with Gasteiger partial charge in [-0.2, -0.15) is 0 Å². The maximum Gasteiger partial charge on any atom is 0.514 e. The summed E-state index contributed by atoms with van der Waals surface area (Å²) >= 11 is 0. The van der Waals surface area contributed by atoms with Crippen molar-refractivity contribution in [2.45, 2.75) is 50.0 Å². The van der Waals surface area contributed by atoms with Gasteiger partial charge in [-0.15, -0.1) is 0 Å². The summed E-state index contributed by atoms with van der Waals surface area (Å²) in [6, 6.07) is 23.1. The van der Waals surface area contributed by atoms with Gasteiger partial charge >= 0.3 is 6.16 Å². The van der Waals surface area contributed by atoms with E-state index in [2.05, 4.69) is 54.6 Å². The third kappa shape index (κ3) is 2.84. The van der Waals surface area contributed by atoms with Crippen LogP contribution in [0.5, 0.6) is 5.75 Å². The molecule has 0 aliphatic heterocycles. The highest BCUT2D eigenvalue weighted by molar-refractivity contribution is 5.65. The smallest absolute Gasteiger partial charge is 0.430 e. The first kappa shape index (κ1) is 17.8. The highest BCUT2D eigenvalue weighted by Crippen LogP contribution is 2.53. The number of hydrogen-bond acceptors (Lipinski definition) is 3. The van der Waals surface area contributed by atoms with E-state index in [1.807, 2.05) is 12.1 Å². The summed E-state index contributed by atoms with van der Waals surface area (Å²) in [6.45, 7) is 0. The van der Waals surface area contributed by atoms with E-state index in [9.17, 15) is 4.79 Å². The fourth-order valence-corrected chi connectivity index (χ4v) is 5.71. The number of ether oxygens (including phenoxy) is 2. The second-order valence-corrected chi connectivity index (χ2v) is 8.67. The van der Waals surface area contributed by atoms with Crippen LogP contribution in [-0.2, 0) is 17.6 Å². The Hall–Kier alpha value is -3.07. The van der Waals surface area contributed by atoms with Crippen molar-refractivity contribution in [3.05, 3.63) is 100 Å². The highest BCUT2D eigenvalue weighted by atomic mass is 16.7. The second kappa shape index (κ2) is 7.02. The second-order valence-electron chi connectivity index (χ2n) is 8.67. The lowest BCUT2D eigenvalue weighted by Gasteiger charge is -2.44. The van der Waals surface area contributed by atoms with Crippen molar-refractivity contribution in [1.29, 1.82) is 0 Å². The first-order valence-electron chi connectivity index (χ1n) is 11.0. The van der Waals surface area contributed by atoms with Crippen LogP contribution in [0.25, 0.3) is 0 Å². The van der Waals surface area contributed by atoms with Gasteiger partial charge in [0.05, 0.1) is 0 Å². The number of rotatable bonds is 2. The number of fused-ring (bicyclic) bond motifs is 2. The molecule has 0 fully saturated rings. The Morgan fingerprint density at radius 2 is 1.40 bits per heavy atom. The van der Waals surface area contributed by atoms with Crippen molar-refractivity contribution < 1.29 is 14.3 Å². The van der Waals surface area contributed by atoms with Gasteiger partial charge in [-0.1, -0.05) is 54.6 Å². The summed E-state index contributed by atoms with van der Waals surface area (Å²) in [5.74, 6) is 0.921. The summed E-state index contributed by atoms with van der Waals surface area (Å²) in [6.07, 6.45) is 4.61. The van der Waals surface area contributed by atoms with Crippen LogP contribution in [0.3, 0.4) is 0 Å². The van der Waals surface area contributed by atoms with Gasteiger partial charge in [-0.3, -0.25) is 0 Å². The normalized spacial score (nSPS) is 23.1. The largest absolute Gasteiger partial charge is 0.514 e. The Morgan fingerprint density at radius 1 is 0.767 bits per heavy atom. The maximum atomic E-state index is 12.7. The van der Waals surface area contributed by atoms with Crippen LogP contribution >= 0.6 is 0 Å². The van der Waals surface area contributed by atoms with Crippen LogP contribution in [0.4, 0.5) is 4.79 Å². The molecule has 0 radical (unpaired) electrons. The van der Waals surface area contributed by atoms with Crippen molar-refractivity contribution >= 4 is 6.16 Å². The first-order chi connectivity index (χ1) is 14.8. The fourth-order valence-electron chi connectivity index (χ4n) is 5.71. The minimum absolute atomic E-state index is 0.0680. The number of carbonyl (C=O) groups is 1. The van der Waals surface area contributed by atoms with E-state index in [1.54, 1.807) is 0 Å². The number of hydrogen-bond donors (Lipinski definition) is 0. The minimum Gasteiger partial charge on any atom is -0.430 e. The molecule has 3 aromatic rings. The van der Waals surface area contributed by atoms with Gasteiger partial charge in [0.15, 0.2) is 0 Å². The molecule has 3 nitrogen and oxygen atoms in total. The molecular weight excluding hydrogens is 372 g/mol. The van der Waals surface area contributed by atoms with Crippen molar-refractivity contribution in [2.24, 2.45) is 0 Å². The van der Waals surface area contributed by atoms with Crippen molar-refractivity contribution in [2.75, 3.05) is 0 Å². The molecule has 1 atom stereocenters. The van der Waals surface area contributed by atoms with E-state index in [1.165, 1.54) is 46.2 Å². The SMILES string of the molecule is O=C(Oc1ccc2c(c1)CCCC2)OC1CC2c3ccccc3C1c1ccccc12. The van der Waals surface area contributed by atoms with Gasteiger partial charge in [0.2, 0.25) is 0 Å². The van der Waals surface area contributed by atoms with Gasteiger partial charge in [0.1, 0.15) is 11.9 Å². The Bertz CT molecular complexity index is 1080. The Labute approximate surface area is 176 Å². The molecule has 0 aromatic heterocycles. The Balaban J connectivity index is 1.25. The van der Waals surface area contributed by atoms with Crippen LogP contribution in [0.2, 0.25) is 0 Å². The van der Waals surface area contributed by atoms with Crippen LogP contribution in [0.15, 0.2) is 66.7 Å². The standard InChI is InChI=1S/C27H24O3/c28-27(29-19-14-13-17-7-1-2-8-18(17)15-19)30-25-16-24-20-9-3-5-11-22(20)26(25)23-12-6-4-10-21(23)24/h3-6,9-15,24-26H,1-2,7-8,16H2. The highest BCUT2D eigenvalue weighted by Gasteiger charge is 2.45. The summed E-state index contributed by atoms with van der Waals surface area (Å²) < 4.78 is 11.5. The molecule has 0 spiro atoms. The molecule has 1 unspecified atom stereocenters. The summed E-state index contributed by atoms with van der Waals surface area (Å²) in [7, 11) is 0. The molecule has 30 heavy (non-hydrogen) atoms. The lowest BCUT2D eigenvalue weighted by atomic mass is 9.62. The van der Waals surface area contributed by atoms with Crippen LogP contribution in [-0.4, -0.2) is 12.3 Å². The predicted molar refractivity (Wildman–Crippen MR) is 115 cm³/mol. The van der Waals surface area contributed by atoms with Gasteiger partial charge < -0.3 is 9.47 Å². The molecule has 4 aliphatic rings. The third-order valence-corrected chi connectivity index (χ3v) is 7.02. The Morgan fingerprint density at radius 3 is 2.10 bits per heavy atom. The Kier molecular flexibility index (Phi) is 4.15. The molecule has 7 rings (SSSR count). The van der Waals surface area contributed by atoms with E-state index in [0.29, 0.717) is 5.75 Å². The molecule has 3 aromatic carbocycles. The van der Waals surface area contributed by atoms with E-state index in [-0.39, 0.29) is 17.9 Å². The molecule has 2 bridgehead atoms. The lowest BCUT2D eigenvalue weighted by molar-refractivity contribution is 0.0382. The lowest BCUT2D eigenvalue weighted by Crippen LogP contribution is -2.39. The molecule has 3 heteroatoms. The minimum atomic E-state index is -0.599. The summed E-state index contributed by atoms with van der Waals surface area (Å²) in [5.41, 5.74) is 7.96. The van der Waals surface area contributed by atoms with Crippen molar-refractivity contribution in [3.63, 3.8) is 0 Å². The number of carbonyl (C=O) groups excluding carboxylic acids is 1. The van der Waals surface area contributed by atoms with Crippen LogP contribution in [0, 0.1) is 0 Å². The molecule has 0 saturated heterocycles. The average Bonchev–Trinajstić information content (AvgIpc) is 2.79. The van der Waals surface area contributed by atoms with Gasteiger partial charge in [0, 0.05) is 11.8 Å². The zero-order chi connectivity index (χ0) is 20.1. The molecular formula is C27H24O3. The average molecular weight is 396 g/mol. The number of aryl methyl sites for hydroxylation is 2. The zero-order valence-corrected chi connectivity index (χ0v) is 16.8. The molecule has 0 amide bonds. The summed E-state index contributed by atoms with van der Waals surface area (Å²) in [4.78, 5) is 12.7. The topological polar surface area (TPSA) is 35.5 Å². The van der Waals surface area contributed by atoms with E-state index >= 15 is 0 Å². The first-order valence-corrected chi connectivity index (χ1v) is 11.0. The third-order valence-electron chi connectivity index (χ3n) is 7.02. The molecule has 0 heterocycles. The van der Waals surface area contributed by atoms with E-state index in [4.69, 9.17) is 9.47 Å². The zero-order valence-electron chi connectivity index (χ0n) is 16.8. The van der Waals surface area contributed by atoms with Gasteiger partial charge in [0.25, 0.3) is 0 Å². The number of benzene rings is 3. The van der Waals surface area contributed by atoms with E-state index < -0.39 is 6.16 Å². The van der Waals surface area contributed by atoms with Crippen molar-refractivity contribution in [1.82, 2.24) is 0 Å². The predicted octanol–water partition coefficient (Wildman–Crippen LogP) is 6.13. The summed E-state index contributed by atoms with van der Waals surface area (Å²) in [5, 5.41) is 0. The molecule has 0 N–H and O–H groups in total. The molecule has 0 saturated carbocycles. The van der Waals surface area contributed by atoms with E-state index in [0.717, 1.165) is 19.3 Å². The fraction of sp³-hybridized carbons (Fsp3) is 0.296. The van der Waals surface area contributed by atoms with Crippen molar-refractivity contribution in [3.8, 4) is 5.75 Å². The van der Waals surface area contributed by atoms with Crippen LogP contribution in [0.1, 0.15) is 64.5 Å². The maximum absolute atomic E-state index is 12.7. The van der Waals surface area contributed by atoms with Gasteiger partial charge in [-0.05, 0) is 77.6 Å². The quantitative estimate of drug-likeness (QED) is 0.386. The van der Waals surface area contributed by atoms with Crippen LogP contribution < -0.4 is 4.74 Å². The van der Waals surface area contributed by atoms with Gasteiger partial charge in [-0.25, -0.2) is 4.79 Å². The molecule has 4 aliphatic carbocycles. The monoisotopic (exact) mass is 396 g/mol.